The Labute approximate surface area is 167 Å². The number of benzene rings is 2. The lowest BCUT2D eigenvalue weighted by Crippen LogP contribution is -2.37. The van der Waals surface area contributed by atoms with Crippen LogP contribution in [0.5, 0.6) is 5.75 Å². The van der Waals surface area contributed by atoms with Crippen LogP contribution in [-0.4, -0.2) is 44.9 Å². The van der Waals surface area contributed by atoms with Crippen molar-refractivity contribution in [2.75, 3.05) is 29.5 Å². The second-order valence-electron chi connectivity index (χ2n) is 6.07. The van der Waals surface area contributed by atoms with Crippen LogP contribution in [0.25, 0.3) is 0 Å². The normalized spacial score (nSPS) is 10.9. The van der Waals surface area contributed by atoms with Crippen LogP contribution in [0.4, 0.5) is 17.1 Å². The molecule has 154 valence electrons. The van der Waals surface area contributed by atoms with Crippen LogP contribution in [0.1, 0.15) is 17.3 Å². The summed E-state index contributed by atoms with van der Waals surface area (Å²) in [6, 6.07) is 9.49. The van der Waals surface area contributed by atoms with Crippen molar-refractivity contribution in [2.24, 2.45) is 0 Å². The fourth-order valence-corrected chi connectivity index (χ4v) is 3.36. The summed E-state index contributed by atoms with van der Waals surface area (Å²) < 4.78 is 30.3. The van der Waals surface area contributed by atoms with Gasteiger partial charge in [0.05, 0.1) is 29.7 Å². The van der Waals surface area contributed by atoms with Gasteiger partial charge in [-0.2, -0.15) is 0 Å². The van der Waals surface area contributed by atoms with Crippen LogP contribution >= 0.6 is 0 Å². The molecule has 0 aliphatic rings. The maximum atomic E-state index is 12.5. The van der Waals surface area contributed by atoms with E-state index >= 15 is 0 Å². The van der Waals surface area contributed by atoms with Gasteiger partial charge >= 0.3 is 0 Å². The molecule has 10 nitrogen and oxygen atoms in total. The molecule has 0 atom stereocenters. The minimum atomic E-state index is -3.86. The summed E-state index contributed by atoms with van der Waals surface area (Å²) in [6.45, 7) is 0.733. The lowest BCUT2D eigenvalue weighted by Gasteiger charge is -2.22. The van der Waals surface area contributed by atoms with Gasteiger partial charge in [0.2, 0.25) is 15.9 Å². The highest BCUT2D eigenvalue weighted by Gasteiger charge is 2.23. The predicted octanol–water partition coefficient (Wildman–Crippen LogP) is 2.21. The van der Waals surface area contributed by atoms with E-state index in [1.54, 1.807) is 0 Å². The van der Waals surface area contributed by atoms with Crippen molar-refractivity contribution >= 4 is 38.8 Å². The lowest BCUT2D eigenvalue weighted by molar-refractivity contribution is -0.384. The molecule has 2 aromatic carbocycles. The van der Waals surface area contributed by atoms with Crippen molar-refractivity contribution in [1.29, 1.82) is 0 Å². The molecule has 0 heterocycles. The fraction of sp³-hybridized carbons (Fsp3) is 0.222. The van der Waals surface area contributed by atoms with Crippen molar-refractivity contribution in [3.8, 4) is 5.75 Å². The summed E-state index contributed by atoms with van der Waals surface area (Å²) in [5, 5.41) is 13.4. The average molecular weight is 421 g/mol. The number of rotatable bonds is 8. The Hall–Kier alpha value is -3.47. The Morgan fingerprint density at radius 1 is 1.21 bits per heavy atom. The van der Waals surface area contributed by atoms with Gasteiger partial charge in [0.1, 0.15) is 12.3 Å². The number of hydrogen-bond acceptors (Lipinski definition) is 7. The third-order valence-corrected chi connectivity index (χ3v) is 5.04. The van der Waals surface area contributed by atoms with Crippen molar-refractivity contribution in [3.63, 3.8) is 0 Å². The lowest BCUT2D eigenvalue weighted by atomic mass is 10.1. The van der Waals surface area contributed by atoms with E-state index in [9.17, 15) is 28.1 Å². The number of nitrogens with zero attached hydrogens (tertiary/aromatic N) is 2. The average Bonchev–Trinajstić information content (AvgIpc) is 2.65. The van der Waals surface area contributed by atoms with E-state index in [-0.39, 0.29) is 34.2 Å². The number of anilines is 2. The molecule has 0 bridgehead atoms. The molecule has 0 spiro atoms. The molecule has 0 saturated carbocycles. The third kappa shape index (κ3) is 5.51. The van der Waals surface area contributed by atoms with E-state index in [0.29, 0.717) is 0 Å². The van der Waals surface area contributed by atoms with Gasteiger partial charge in [-0.25, -0.2) is 8.42 Å². The summed E-state index contributed by atoms with van der Waals surface area (Å²) in [5.41, 5.74) is 0.186. The van der Waals surface area contributed by atoms with Gasteiger partial charge in [0.25, 0.3) is 5.69 Å². The van der Waals surface area contributed by atoms with E-state index in [1.807, 2.05) is 0 Å². The van der Waals surface area contributed by atoms with Crippen molar-refractivity contribution in [1.82, 2.24) is 0 Å². The first-order valence-electron chi connectivity index (χ1n) is 8.24. The van der Waals surface area contributed by atoms with E-state index < -0.39 is 27.4 Å². The van der Waals surface area contributed by atoms with E-state index in [2.05, 4.69) is 5.32 Å². The molecular formula is C18H19N3O7S. The molecule has 0 radical (unpaired) electrons. The molecule has 29 heavy (non-hydrogen) atoms. The number of carbonyl (C=O) groups is 2. The molecule has 0 aliphatic heterocycles. The highest BCUT2D eigenvalue weighted by atomic mass is 32.2. The van der Waals surface area contributed by atoms with Crippen molar-refractivity contribution in [3.05, 3.63) is 58.1 Å². The first-order valence-corrected chi connectivity index (χ1v) is 10.1. The summed E-state index contributed by atoms with van der Waals surface area (Å²) in [4.78, 5) is 34.4. The van der Waals surface area contributed by atoms with Gasteiger partial charge in [-0.1, -0.05) is 12.1 Å². The number of Topliss-reactive ketones (excluding diaryl/α,β-unsaturated/α-hetero) is 1. The Morgan fingerprint density at radius 2 is 1.90 bits per heavy atom. The third-order valence-electron chi connectivity index (χ3n) is 3.90. The number of nitro benzene ring substituents is 1. The maximum Gasteiger partial charge on any atom is 0.271 e. The topological polar surface area (TPSA) is 136 Å². The molecule has 0 fully saturated rings. The predicted molar refractivity (Wildman–Crippen MR) is 107 cm³/mol. The second-order valence-corrected chi connectivity index (χ2v) is 7.97. The zero-order valence-corrected chi connectivity index (χ0v) is 16.7. The number of amides is 1. The number of methoxy groups -OCH3 is 1. The van der Waals surface area contributed by atoms with Crippen molar-refractivity contribution in [2.45, 2.75) is 6.92 Å². The van der Waals surface area contributed by atoms with Gasteiger partial charge in [-0.15, -0.1) is 0 Å². The standard InChI is InChI=1S/C18H19N3O7S/c1-12(22)13-5-4-6-14(9-13)20(29(3,26)27)11-18(23)19-16-10-15(21(24)25)7-8-17(16)28-2/h4-10H,11H2,1-3H3,(H,19,23). The van der Waals surface area contributed by atoms with Gasteiger partial charge in [-0.05, 0) is 25.1 Å². The highest BCUT2D eigenvalue weighted by Crippen LogP contribution is 2.29. The minimum Gasteiger partial charge on any atom is -0.495 e. The summed E-state index contributed by atoms with van der Waals surface area (Å²) >= 11 is 0. The van der Waals surface area contributed by atoms with Crippen LogP contribution in [0, 0.1) is 10.1 Å². The maximum absolute atomic E-state index is 12.5. The molecule has 2 rings (SSSR count). The first-order chi connectivity index (χ1) is 13.5. The van der Waals surface area contributed by atoms with E-state index in [0.717, 1.165) is 16.6 Å². The molecule has 0 saturated heterocycles. The minimum absolute atomic E-state index is 0.0256. The number of ketones is 1. The Balaban J connectivity index is 2.33. The van der Waals surface area contributed by atoms with Gasteiger partial charge in [0, 0.05) is 17.7 Å². The largest absolute Gasteiger partial charge is 0.495 e. The van der Waals surface area contributed by atoms with Crippen LogP contribution in [0.15, 0.2) is 42.5 Å². The Kier molecular flexibility index (Phi) is 6.54. The van der Waals surface area contributed by atoms with Gasteiger partial charge < -0.3 is 10.1 Å². The number of carbonyl (C=O) groups excluding carboxylic acids is 2. The zero-order chi connectivity index (χ0) is 21.8. The van der Waals surface area contributed by atoms with Gasteiger partial charge in [0.15, 0.2) is 5.78 Å². The Bertz CT molecular complexity index is 1070. The highest BCUT2D eigenvalue weighted by molar-refractivity contribution is 7.92. The molecule has 1 amide bonds. The molecule has 2 aromatic rings. The number of nitrogens with one attached hydrogen (secondary N) is 1. The number of non-ortho nitro benzene ring substituents is 1. The SMILES string of the molecule is COc1ccc([N+](=O)[O-])cc1NC(=O)CN(c1cccc(C(C)=O)c1)S(C)(=O)=O. The molecule has 11 heteroatoms. The molecule has 1 N–H and O–H groups in total. The van der Waals surface area contributed by atoms with Crippen molar-refractivity contribution < 1.29 is 27.7 Å². The van der Waals surface area contributed by atoms with Gasteiger partial charge in [-0.3, -0.25) is 24.0 Å². The second kappa shape index (κ2) is 8.69. The van der Waals surface area contributed by atoms with Crippen LogP contribution in [0.2, 0.25) is 0 Å². The summed E-state index contributed by atoms with van der Waals surface area (Å²) in [5.74, 6) is -0.832. The molecule has 0 aromatic heterocycles. The number of ether oxygens (including phenoxy) is 1. The Morgan fingerprint density at radius 3 is 2.45 bits per heavy atom. The number of nitro groups is 1. The summed E-state index contributed by atoms with van der Waals surface area (Å²) in [7, 11) is -2.54. The molecule has 0 unspecified atom stereocenters. The fourth-order valence-electron chi connectivity index (χ4n) is 2.51. The van der Waals surface area contributed by atoms with Crippen LogP contribution < -0.4 is 14.4 Å². The molecular weight excluding hydrogens is 402 g/mol. The first kappa shape index (κ1) is 21.8. The monoisotopic (exact) mass is 421 g/mol. The summed E-state index contributed by atoms with van der Waals surface area (Å²) in [6.07, 6.45) is 0.925. The van der Waals surface area contributed by atoms with E-state index in [1.165, 1.54) is 50.4 Å². The quantitative estimate of drug-likeness (QED) is 0.392. The van der Waals surface area contributed by atoms with Crippen LogP contribution in [0.3, 0.4) is 0 Å². The smallest absolute Gasteiger partial charge is 0.271 e. The van der Waals surface area contributed by atoms with E-state index in [4.69, 9.17) is 4.74 Å². The molecule has 0 aliphatic carbocycles. The van der Waals surface area contributed by atoms with Crippen LogP contribution in [-0.2, 0) is 14.8 Å². The number of hydrogen-bond donors (Lipinski definition) is 1. The zero-order valence-electron chi connectivity index (χ0n) is 15.9. The number of sulfonamides is 1.